The van der Waals surface area contributed by atoms with Gasteiger partial charge in [0.1, 0.15) is 17.3 Å². The van der Waals surface area contributed by atoms with Crippen LogP contribution >= 0.6 is 0 Å². The number of rotatable bonds is 4. The van der Waals surface area contributed by atoms with E-state index in [-0.39, 0.29) is 11.4 Å². The van der Waals surface area contributed by atoms with Crippen LogP contribution in [-0.2, 0) is 0 Å². The van der Waals surface area contributed by atoms with Gasteiger partial charge in [-0.1, -0.05) is 12.1 Å². The van der Waals surface area contributed by atoms with Crippen LogP contribution in [0, 0.1) is 5.82 Å². The molecule has 3 aromatic rings. The predicted octanol–water partition coefficient (Wildman–Crippen LogP) is 3.39. The molecule has 0 radical (unpaired) electrons. The first kappa shape index (κ1) is 14.8. The molecule has 1 heterocycles. The standard InChI is InChI=1S/C17H13FN2O3/c1-23-12-8-6-11(7-9-12)14-10-16(17(21)22)20(19-14)15-5-3-2-4-13(15)18/h2-10H,1H3,(H,21,22). The van der Waals surface area contributed by atoms with Gasteiger partial charge in [0.05, 0.1) is 12.8 Å². The lowest BCUT2D eigenvalue weighted by Crippen LogP contribution is -2.09. The monoisotopic (exact) mass is 312 g/mol. The number of para-hydroxylation sites is 1. The van der Waals surface area contributed by atoms with E-state index in [0.717, 1.165) is 4.68 Å². The second-order valence-electron chi connectivity index (χ2n) is 4.81. The van der Waals surface area contributed by atoms with Crippen molar-refractivity contribution in [1.29, 1.82) is 0 Å². The second kappa shape index (κ2) is 5.92. The Hall–Kier alpha value is -3.15. The Bertz CT molecular complexity index is 857. The number of halogens is 1. The van der Waals surface area contributed by atoms with Crippen LogP contribution in [0.25, 0.3) is 16.9 Å². The first-order chi connectivity index (χ1) is 11.1. The SMILES string of the molecule is COc1ccc(-c2cc(C(=O)O)n(-c3ccccc3F)n2)cc1. The summed E-state index contributed by atoms with van der Waals surface area (Å²) in [5, 5.41) is 13.6. The maximum atomic E-state index is 14.0. The minimum Gasteiger partial charge on any atom is -0.497 e. The van der Waals surface area contributed by atoms with E-state index in [2.05, 4.69) is 5.10 Å². The molecule has 0 saturated heterocycles. The largest absolute Gasteiger partial charge is 0.497 e. The number of methoxy groups -OCH3 is 1. The smallest absolute Gasteiger partial charge is 0.354 e. The van der Waals surface area contributed by atoms with Gasteiger partial charge in [0.15, 0.2) is 5.69 Å². The molecule has 0 aliphatic rings. The summed E-state index contributed by atoms with van der Waals surface area (Å²) in [6.45, 7) is 0. The normalized spacial score (nSPS) is 10.5. The summed E-state index contributed by atoms with van der Waals surface area (Å²) in [4.78, 5) is 11.4. The molecular formula is C17H13FN2O3. The quantitative estimate of drug-likeness (QED) is 0.802. The molecule has 0 spiro atoms. The predicted molar refractivity (Wildman–Crippen MR) is 82.5 cm³/mol. The molecule has 3 rings (SSSR count). The zero-order chi connectivity index (χ0) is 16.4. The summed E-state index contributed by atoms with van der Waals surface area (Å²) in [7, 11) is 1.56. The third kappa shape index (κ3) is 2.78. The van der Waals surface area contributed by atoms with Crippen LogP contribution < -0.4 is 4.74 Å². The summed E-state index contributed by atoms with van der Waals surface area (Å²) in [6, 6.07) is 14.3. The molecule has 0 fully saturated rings. The van der Waals surface area contributed by atoms with Crippen LogP contribution in [0.3, 0.4) is 0 Å². The van der Waals surface area contributed by atoms with Crippen LogP contribution in [0.5, 0.6) is 5.75 Å². The Labute approximate surface area is 131 Å². The Morgan fingerprint density at radius 3 is 2.48 bits per heavy atom. The van der Waals surface area contributed by atoms with Crippen LogP contribution in [-0.4, -0.2) is 28.0 Å². The van der Waals surface area contributed by atoms with E-state index in [1.165, 1.54) is 24.3 Å². The highest BCUT2D eigenvalue weighted by molar-refractivity contribution is 5.88. The van der Waals surface area contributed by atoms with E-state index in [9.17, 15) is 14.3 Å². The minimum atomic E-state index is -1.18. The van der Waals surface area contributed by atoms with Crippen molar-refractivity contribution in [3.05, 3.63) is 66.1 Å². The van der Waals surface area contributed by atoms with Crippen LogP contribution in [0.2, 0.25) is 0 Å². The number of carboxylic acids is 1. The van der Waals surface area contributed by atoms with Crippen LogP contribution in [0.15, 0.2) is 54.6 Å². The molecular weight excluding hydrogens is 299 g/mol. The van der Waals surface area contributed by atoms with Crippen molar-refractivity contribution in [2.24, 2.45) is 0 Å². The van der Waals surface area contributed by atoms with Gasteiger partial charge >= 0.3 is 5.97 Å². The number of hydrogen-bond donors (Lipinski definition) is 1. The third-order valence-corrected chi connectivity index (χ3v) is 3.39. The summed E-state index contributed by atoms with van der Waals surface area (Å²) >= 11 is 0. The highest BCUT2D eigenvalue weighted by Crippen LogP contribution is 2.24. The number of carboxylic acid groups (broad SMARTS) is 1. The van der Waals surface area contributed by atoms with Gasteiger partial charge in [-0.05, 0) is 42.5 Å². The van der Waals surface area contributed by atoms with Crippen molar-refractivity contribution in [2.45, 2.75) is 0 Å². The lowest BCUT2D eigenvalue weighted by Gasteiger charge is -2.05. The third-order valence-electron chi connectivity index (χ3n) is 3.39. The van der Waals surface area contributed by atoms with E-state index in [1.807, 2.05) is 0 Å². The van der Waals surface area contributed by atoms with E-state index in [0.29, 0.717) is 17.0 Å². The van der Waals surface area contributed by atoms with Gasteiger partial charge in [0.2, 0.25) is 0 Å². The molecule has 5 nitrogen and oxygen atoms in total. The number of ether oxygens (including phenoxy) is 1. The van der Waals surface area contributed by atoms with Crippen LogP contribution in [0.4, 0.5) is 4.39 Å². The van der Waals surface area contributed by atoms with Gasteiger partial charge in [0.25, 0.3) is 0 Å². The fraction of sp³-hybridized carbons (Fsp3) is 0.0588. The fourth-order valence-corrected chi connectivity index (χ4v) is 2.24. The van der Waals surface area contributed by atoms with Crippen molar-refractivity contribution in [2.75, 3.05) is 7.11 Å². The van der Waals surface area contributed by atoms with Gasteiger partial charge in [-0.2, -0.15) is 5.10 Å². The number of benzene rings is 2. The molecule has 0 aliphatic carbocycles. The first-order valence-corrected chi connectivity index (χ1v) is 6.83. The number of aromatic carboxylic acids is 1. The molecule has 0 bridgehead atoms. The molecule has 23 heavy (non-hydrogen) atoms. The van der Waals surface area contributed by atoms with Gasteiger partial charge in [-0.25, -0.2) is 13.9 Å². The Balaban J connectivity index is 2.12. The van der Waals surface area contributed by atoms with Crippen molar-refractivity contribution >= 4 is 5.97 Å². The summed E-state index contributed by atoms with van der Waals surface area (Å²) < 4.78 is 20.1. The molecule has 1 N–H and O–H groups in total. The van der Waals surface area contributed by atoms with Crippen molar-refractivity contribution in [3.63, 3.8) is 0 Å². The average molecular weight is 312 g/mol. The Morgan fingerprint density at radius 1 is 1.17 bits per heavy atom. The molecule has 0 aliphatic heterocycles. The number of nitrogens with zero attached hydrogens (tertiary/aromatic N) is 2. The van der Waals surface area contributed by atoms with Gasteiger partial charge < -0.3 is 9.84 Å². The zero-order valence-corrected chi connectivity index (χ0v) is 12.2. The molecule has 1 aromatic heterocycles. The van der Waals surface area contributed by atoms with Gasteiger partial charge in [-0.3, -0.25) is 0 Å². The van der Waals surface area contributed by atoms with Crippen molar-refractivity contribution < 1.29 is 19.0 Å². The fourth-order valence-electron chi connectivity index (χ4n) is 2.24. The molecule has 0 amide bonds. The minimum absolute atomic E-state index is 0.0876. The van der Waals surface area contributed by atoms with Gasteiger partial charge in [0, 0.05) is 5.56 Å². The highest BCUT2D eigenvalue weighted by Gasteiger charge is 2.18. The van der Waals surface area contributed by atoms with E-state index >= 15 is 0 Å². The molecule has 2 aromatic carbocycles. The summed E-state index contributed by atoms with van der Waals surface area (Å²) in [6.07, 6.45) is 0. The first-order valence-electron chi connectivity index (χ1n) is 6.83. The van der Waals surface area contributed by atoms with E-state index in [4.69, 9.17) is 4.74 Å². The molecule has 0 saturated carbocycles. The topological polar surface area (TPSA) is 64.3 Å². The van der Waals surface area contributed by atoms with Gasteiger partial charge in [-0.15, -0.1) is 0 Å². The van der Waals surface area contributed by atoms with Crippen molar-refractivity contribution in [1.82, 2.24) is 9.78 Å². The lowest BCUT2D eigenvalue weighted by molar-refractivity contribution is 0.0687. The second-order valence-corrected chi connectivity index (χ2v) is 4.81. The van der Waals surface area contributed by atoms with Crippen molar-refractivity contribution in [3.8, 4) is 22.7 Å². The highest BCUT2D eigenvalue weighted by atomic mass is 19.1. The summed E-state index contributed by atoms with van der Waals surface area (Å²) in [5.41, 5.74) is 1.13. The van der Waals surface area contributed by atoms with E-state index < -0.39 is 11.8 Å². The maximum Gasteiger partial charge on any atom is 0.354 e. The van der Waals surface area contributed by atoms with Crippen LogP contribution in [0.1, 0.15) is 10.5 Å². The average Bonchev–Trinajstić information content (AvgIpc) is 3.01. The molecule has 6 heteroatoms. The van der Waals surface area contributed by atoms with E-state index in [1.54, 1.807) is 37.4 Å². The Kier molecular flexibility index (Phi) is 3.80. The molecule has 0 unspecified atom stereocenters. The number of aromatic nitrogens is 2. The lowest BCUT2D eigenvalue weighted by atomic mass is 10.1. The number of hydrogen-bond acceptors (Lipinski definition) is 3. The molecule has 0 atom stereocenters. The number of carbonyl (C=O) groups is 1. The Morgan fingerprint density at radius 2 is 1.87 bits per heavy atom. The zero-order valence-electron chi connectivity index (χ0n) is 12.2. The molecule has 116 valence electrons. The summed E-state index contributed by atoms with van der Waals surface area (Å²) in [5.74, 6) is -1.04. The maximum absolute atomic E-state index is 14.0.